The molecule has 0 radical (unpaired) electrons. The lowest BCUT2D eigenvalue weighted by Crippen LogP contribution is -2.44. The molecule has 1 saturated heterocycles. The highest BCUT2D eigenvalue weighted by Gasteiger charge is 2.34. The van der Waals surface area contributed by atoms with Gasteiger partial charge in [-0.05, 0) is 60.6 Å². The minimum atomic E-state index is -0.951. The summed E-state index contributed by atoms with van der Waals surface area (Å²) in [4.78, 5) is 16.6. The van der Waals surface area contributed by atoms with Gasteiger partial charge in [-0.25, -0.2) is 4.39 Å². The Bertz CT molecular complexity index is 952. The number of fused-ring (bicyclic) bond motifs is 1. The quantitative estimate of drug-likeness (QED) is 0.743. The molecule has 6 heteroatoms. The van der Waals surface area contributed by atoms with E-state index in [-0.39, 0.29) is 17.6 Å². The Morgan fingerprint density at radius 2 is 1.78 bits per heavy atom. The smallest absolute Gasteiger partial charge is 0.229 e. The number of hydrogen-bond donors (Lipinski definition) is 2. The summed E-state index contributed by atoms with van der Waals surface area (Å²) < 4.78 is 13.2. The van der Waals surface area contributed by atoms with Crippen molar-refractivity contribution in [1.29, 1.82) is 0 Å². The van der Waals surface area contributed by atoms with Crippen LogP contribution in [0.4, 0.5) is 10.1 Å². The van der Waals surface area contributed by atoms with E-state index in [1.807, 2.05) is 36.9 Å². The van der Waals surface area contributed by atoms with Crippen LogP contribution >= 0.6 is 0 Å². The zero-order valence-electron chi connectivity index (χ0n) is 18.9. The van der Waals surface area contributed by atoms with Gasteiger partial charge in [-0.1, -0.05) is 38.1 Å². The first-order valence-electron chi connectivity index (χ1n) is 11.6. The first kappa shape index (κ1) is 22.9. The van der Waals surface area contributed by atoms with Crippen LogP contribution in [0.25, 0.3) is 0 Å². The Kier molecular flexibility index (Phi) is 6.65. The molecule has 0 bridgehead atoms. The molecule has 0 spiro atoms. The van der Waals surface area contributed by atoms with Crippen molar-refractivity contribution in [1.82, 2.24) is 4.90 Å². The zero-order valence-corrected chi connectivity index (χ0v) is 18.9. The van der Waals surface area contributed by atoms with Crippen molar-refractivity contribution >= 4 is 11.6 Å². The van der Waals surface area contributed by atoms with Gasteiger partial charge in [0.25, 0.3) is 0 Å². The number of halogens is 1. The van der Waals surface area contributed by atoms with E-state index < -0.39 is 11.7 Å². The Balaban J connectivity index is 1.39. The van der Waals surface area contributed by atoms with Gasteiger partial charge in [-0.2, -0.15) is 0 Å². The molecule has 4 rings (SSSR count). The van der Waals surface area contributed by atoms with E-state index >= 15 is 0 Å². The highest BCUT2D eigenvalue weighted by atomic mass is 19.1. The summed E-state index contributed by atoms with van der Waals surface area (Å²) in [6, 6.07) is 12.0. The Morgan fingerprint density at radius 1 is 1.09 bits per heavy atom. The van der Waals surface area contributed by atoms with Crippen LogP contribution in [0.15, 0.2) is 42.5 Å². The minimum absolute atomic E-state index is 0.0427. The van der Waals surface area contributed by atoms with Crippen molar-refractivity contribution in [2.24, 2.45) is 5.92 Å². The molecule has 1 fully saturated rings. The number of carbonyl (C=O) groups excluding carboxylic acids is 1. The van der Waals surface area contributed by atoms with Crippen LogP contribution in [0.2, 0.25) is 0 Å². The van der Waals surface area contributed by atoms with Crippen molar-refractivity contribution in [2.45, 2.75) is 51.2 Å². The molecule has 2 aromatic carbocycles. The molecule has 172 valence electrons. The maximum Gasteiger partial charge on any atom is 0.229 e. The van der Waals surface area contributed by atoms with Crippen molar-refractivity contribution in [3.05, 3.63) is 65.0 Å². The molecule has 5 nitrogen and oxygen atoms in total. The fourth-order valence-electron chi connectivity index (χ4n) is 4.87. The second-order valence-corrected chi connectivity index (χ2v) is 9.49. The van der Waals surface area contributed by atoms with Gasteiger partial charge in [0.1, 0.15) is 5.82 Å². The summed E-state index contributed by atoms with van der Waals surface area (Å²) in [6.07, 6.45) is 2.29. The van der Waals surface area contributed by atoms with E-state index in [0.717, 1.165) is 41.8 Å². The molecule has 2 aliphatic heterocycles. The average molecular weight is 441 g/mol. The highest BCUT2D eigenvalue weighted by molar-refractivity contribution is 5.95. The maximum atomic E-state index is 13.2. The summed E-state index contributed by atoms with van der Waals surface area (Å²) >= 11 is 0. The normalized spacial score (nSPS) is 19.6. The third-order valence-corrected chi connectivity index (χ3v) is 6.86. The average Bonchev–Trinajstić information content (AvgIpc) is 2.79. The Morgan fingerprint density at radius 3 is 2.44 bits per heavy atom. The van der Waals surface area contributed by atoms with Gasteiger partial charge in [0.05, 0.1) is 11.7 Å². The lowest BCUT2D eigenvalue weighted by molar-refractivity contribution is -0.121. The molecule has 2 heterocycles. The third kappa shape index (κ3) is 4.72. The predicted molar refractivity (Wildman–Crippen MR) is 123 cm³/mol. The van der Waals surface area contributed by atoms with Crippen LogP contribution < -0.4 is 4.90 Å². The molecule has 1 amide bonds. The van der Waals surface area contributed by atoms with Gasteiger partial charge in [0, 0.05) is 37.8 Å². The Hall–Kier alpha value is -2.28. The summed E-state index contributed by atoms with van der Waals surface area (Å²) in [7, 11) is 0. The van der Waals surface area contributed by atoms with E-state index in [4.69, 9.17) is 0 Å². The van der Waals surface area contributed by atoms with Crippen LogP contribution in [0, 0.1) is 11.7 Å². The Labute approximate surface area is 189 Å². The zero-order chi connectivity index (χ0) is 22.9. The van der Waals surface area contributed by atoms with Gasteiger partial charge >= 0.3 is 0 Å². The number of piperidine rings is 1. The second kappa shape index (κ2) is 9.30. The number of aliphatic hydroxyl groups excluding tert-OH is 1. The number of β-amino-alcohol motifs (C(OH)–C–C–N with tert-alkyl or cyclic N) is 1. The summed E-state index contributed by atoms with van der Waals surface area (Å²) in [5.41, 5.74) is 2.74. The van der Waals surface area contributed by atoms with Gasteiger partial charge in [0.15, 0.2) is 0 Å². The number of rotatable bonds is 5. The van der Waals surface area contributed by atoms with Crippen molar-refractivity contribution < 1.29 is 19.4 Å². The molecule has 0 aromatic heterocycles. The van der Waals surface area contributed by atoms with Crippen molar-refractivity contribution in [3.63, 3.8) is 0 Å². The predicted octanol–water partition coefficient (Wildman–Crippen LogP) is 3.78. The van der Waals surface area contributed by atoms with Gasteiger partial charge in [-0.3, -0.25) is 4.79 Å². The fourth-order valence-corrected chi connectivity index (χ4v) is 4.87. The molecule has 0 saturated carbocycles. The lowest BCUT2D eigenvalue weighted by Gasteiger charge is -2.39. The highest BCUT2D eigenvalue weighted by Crippen LogP contribution is 2.34. The van der Waals surface area contributed by atoms with E-state index in [9.17, 15) is 19.4 Å². The van der Waals surface area contributed by atoms with Crippen LogP contribution in [0.3, 0.4) is 0 Å². The van der Waals surface area contributed by atoms with Gasteiger partial charge < -0.3 is 20.0 Å². The molecule has 32 heavy (non-hydrogen) atoms. The largest absolute Gasteiger partial charge is 0.387 e. The number of amides is 1. The number of nitrogens with zero attached hydrogens (tertiary/aromatic N) is 2. The van der Waals surface area contributed by atoms with E-state index in [0.29, 0.717) is 32.5 Å². The summed E-state index contributed by atoms with van der Waals surface area (Å²) in [6.45, 7) is 6.40. The van der Waals surface area contributed by atoms with Gasteiger partial charge in [-0.15, -0.1) is 0 Å². The van der Waals surface area contributed by atoms with E-state index in [1.54, 1.807) is 12.1 Å². The third-order valence-electron chi connectivity index (χ3n) is 6.86. The van der Waals surface area contributed by atoms with E-state index in [2.05, 4.69) is 4.90 Å². The number of aliphatic hydroxyl groups is 2. The minimum Gasteiger partial charge on any atom is -0.387 e. The molecular weight excluding hydrogens is 407 g/mol. The monoisotopic (exact) mass is 440 g/mol. The first-order valence-corrected chi connectivity index (χ1v) is 11.6. The lowest BCUT2D eigenvalue weighted by atomic mass is 9.84. The topological polar surface area (TPSA) is 64.0 Å². The number of hydrogen-bond acceptors (Lipinski definition) is 4. The van der Waals surface area contributed by atoms with Crippen LogP contribution in [0.1, 0.15) is 55.9 Å². The molecule has 2 N–H and O–H groups in total. The second-order valence-electron chi connectivity index (χ2n) is 9.49. The number of carbonyl (C=O) groups is 1. The molecule has 0 aliphatic carbocycles. The molecular formula is C26H33FN2O3. The number of benzene rings is 2. The first-order chi connectivity index (χ1) is 15.3. The molecule has 1 atom stereocenters. The van der Waals surface area contributed by atoms with Crippen LogP contribution in [0.5, 0.6) is 0 Å². The SMILES string of the molecule is CC(C)C(=O)N1CCCc2cc([C@H](O)CN3CCC(O)(c4ccc(F)cc4)CC3)ccc21. The number of likely N-dealkylation sites (tertiary alicyclic amines) is 1. The molecule has 2 aliphatic rings. The summed E-state index contributed by atoms with van der Waals surface area (Å²) in [5, 5.41) is 21.9. The molecule has 0 unspecified atom stereocenters. The number of anilines is 1. The van der Waals surface area contributed by atoms with Crippen molar-refractivity contribution in [2.75, 3.05) is 31.1 Å². The standard InChI is InChI=1S/C26H33FN2O3/c1-18(2)25(31)29-13-3-4-19-16-20(5-10-23(19)29)24(30)17-28-14-11-26(32,12-15-28)21-6-8-22(27)9-7-21/h5-10,16,18,24,30,32H,3-4,11-15,17H2,1-2H3/t24-/m1/s1. The summed E-state index contributed by atoms with van der Waals surface area (Å²) in [5.74, 6) is -0.209. The molecule has 2 aromatic rings. The van der Waals surface area contributed by atoms with Crippen LogP contribution in [-0.4, -0.2) is 47.2 Å². The fraction of sp³-hybridized carbons (Fsp3) is 0.500. The van der Waals surface area contributed by atoms with Gasteiger partial charge in [0.2, 0.25) is 5.91 Å². The maximum absolute atomic E-state index is 13.2. The van der Waals surface area contributed by atoms with Crippen molar-refractivity contribution in [3.8, 4) is 0 Å². The number of aryl methyl sites for hydroxylation is 1. The van der Waals surface area contributed by atoms with Crippen LogP contribution in [-0.2, 0) is 16.8 Å². The van der Waals surface area contributed by atoms with E-state index in [1.165, 1.54) is 12.1 Å².